The van der Waals surface area contributed by atoms with E-state index in [0.717, 1.165) is 25.7 Å². The van der Waals surface area contributed by atoms with Crippen LogP contribution in [0.15, 0.2) is 35.3 Å². The molecule has 0 aliphatic carbocycles. The molecule has 14 heteroatoms. The van der Waals surface area contributed by atoms with E-state index in [4.69, 9.17) is 16.2 Å². The molecule has 1 aromatic carbocycles. The topological polar surface area (TPSA) is 228 Å². The lowest BCUT2D eigenvalue weighted by atomic mass is 10.1. The van der Waals surface area contributed by atoms with Gasteiger partial charge < -0.3 is 31.9 Å². The number of aliphatic carboxylic acids is 1. The molecular weight excluding hydrogens is 508 g/mol. The number of nitrogens with two attached hydrogens (primary N) is 2. The summed E-state index contributed by atoms with van der Waals surface area (Å²) in [5.41, 5.74) is 12.0. The van der Waals surface area contributed by atoms with Gasteiger partial charge in [0.15, 0.2) is 11.2 Å². The fourth-order valence-electron chi connectivity index (χ4n) is 3.61. The number of hydrogen-bond donors (Lipinski definition) is 6. The number of hydrogen-bond acceptors (Lipinski definition) is 11. The maximum absolute atomic E-state index is 12.6. The fraction of sp³-hybridized carbons (Fsp3) is 0.400. The molecule has 8 N–H and O–H groups in total. The van der Waals surface area contributed by atoms with Gasteiger partial charge in [0, 0.05) is 17.7 Å². The third kappa shape index (κ3) is 9.03. The predicted octanol–water partition coefficient (Wildman–Crippen LogP) is 0.933. The first-order valence-electron chi connectivity index (χ1n) is 12.5. The van der Waals surface area contributed by atoms with Crippen LogP contribution < -0.4 is 27.7 Å². The molecule has 1 atom stereocenters. The SMILES string of the molecule is NCCCCCCOC(=O)CCC(NC(=O)c1ccc(NCc2cnc3nc(N)[nH]c(=O)c3n2)cc1)C(=O)O. The van der Waals surface area contributed by atoms with E-state index in [1.807, 2.05) is 0 Å². The lowest BCUT2D eigenvalue weighted by Crippen LogP contribution is -2.41. The van der Waals surface area contributed by atoms with Gasteiger partial charge in [-0.2, -0.15) is 4.98 Å². The van der Waals surface area contributed by atoms with Gasteiger partial charge in [-0.05, 0) is 50.1 Å². The van der Waals surface area contributed by atoms with Crippen LogP contribution in [0.3, 0.4) is 0 Å². The number of unbranched alkanes of at least 4 members (excludes halogenated alkanes) is 3. The lowest BCUT2D eigenvalue weighted by molar-refractivity contribution is -0.144. The number of rotatable bonds is 15. The van der Waals surface area contributed by atoms with Crippen molar-refractivity contribution in [2.45, 2.75) is 51.1 Å². The van der Waals surface area contributed by atoms with E-state index in [1.165, 1.54) is 18.3 Å². The van der Waals surface area contributed by atoms with Crippen LogP contribution in [0.25, 0.3) is 11.2 Å². The van der Waals surface area contributed by atoms with Gasteiger partial charge in [-0.3, -0.25) is 19.4 Å². The van der Waals surface area contributed by atoms with E-state index < -0.39 is 29.4 Å². The van der Waals surface area contributed by atoms with Crippen molar-refractivity contribution in [1.29, 1.82) is 0 Å². The van der Waals surface area contributed by atoms with Crippen molar-refractivity contribution >= 4 is 40.6 Å². The number of nitrogen functional groups attached to an aromatic ring is 1. The third-order valence-corrected chi connectivity index (χ3v) is 5.71. The molecule has 0 aliphatic rings. The van der Waals surface area contributed by atoms with Crippen LogP contribution in [-0.2, 0) is 20.9 Å². The molecule has 208 valence electrons. The summed E-state index contributed by atoms with van der Waals surface area (Å²) in [6, 6.07) is 5.09. The number of amides is 1. The van der Waals surface area contributed by atoms with Crippen LogP contribution >= 0.6 is 0 Å². The largest absolute Gasteiger partial charge is 0.480 e. The zero-order chi connectivity index (χ0) is 28.2. The highest BCUT2D eigenvalue weighted by atomic mass is 16.5. The highest BCUT2D eigenvalue weighted by Crippen LogP contribution is 2.12. The van der Waals surface area contributed by atoms with Crippen LogP contribution in [0, 0.1) is 0 Å². The van der Waals surface area contributed by atoms with Crippen LogP contribution in [-0.4, -0.2) is 62.1 Å². The number of carbonyl (C=O) groups excluding carboxylic acids is 2. The highest BCUT2D eigenvalue weighted by Gasteiger charge is 2.22. The van der Waals surface area contributed by atoms with Gasteiger partial charge >= 0.3 is 11.9 Å². The number of esters is 1. The zero-order valence-electron chi connectivity index (χ0n) is 21.3. The van der Waals surface area contributed by atoms with Gasteiger partial charge in [0.05, 0.1) is 25.0 Å². The van der Waals surface area contributed by atoms with Crippen molar-refractivity contribution in [3.63, 3.8) is 0 Å². The Balaban J connectivity index is 1.47. The van der Waals surface area contributed by atoms with Gasteiger partial charge in [-0.1, -0.05) is 12.8 Å². The minimum absolute atomic E-state index is 0.0470. The number of aromatic nitrogens is 4. The number of carboxylic acids is 1. The summed E-state index contributed by atoms with van der Waals surface area (Å²) < 4.78 is 5.13. The summed E-state index contributed by atoms with van der Waals surface area (Å²) in [7, 11) is 0. The quantitative estimate of drug-likeness (QED) is 0.117. The number of carboxylic acid groups (broad SMARTS) is 1. The maximum atomic E-state index is 12.6. The zero-order valence-corrected chi connectivity index (χ0v) is 21.3. The molecule has 39 heavy (non-hydrogen) atoms. The van der Waals surface area contributed by atoms with Crippen molar-refractivity contribution in [3.8, 4) is 0 Å². The molecule has 0 saturated carbocycles. The fourth-order valence-corrected chi connectivity index (χ4v) is 3.61. The second-order valence-electron chi connectivity index (χ2n) is 8.74. The van der Waals surface area contributed by atoms with Crippen LogP contribution in [0.4, 0.5) is 11.6 Å². The molecule has 3 aromatic rings. The first-order valence-corrected chi connectivity index (χ1v) is 12.5. The Morgan fingerprint density at radius 2 is 1.82 bits per heavy atom. The molecular formula is C25H32N8O6. The van der Waals surface area contributed by atoms with Gasteiger partial charge in [0.25, 0.3) is 11.5 Å². The van der Waals surface area contributed by atoms with Crippen LogP contribution in [0.1, 0.15) is 54.6 Å². The molecule has 0 spiro atoms. The van der Waals surface area contributed by atoms with Crippen molar-refractivity contribution in [3.05, 3.63) is 52.1 Å². The molecule has 0 fully saturated rings. The maximum Gasteiger partial charge on any atom is 0.326 e. The average Bonchev–Trinajstić information content (AvgIpc) is 2.91. The minimum Gasteiger partial charge on any atom is -0.480 e. The summed E-state index contributed by atoms with van der Waals surface area (Å²) in [5, 5.41) is 15.0. The molecule has 1 unspecified atom stereocenters. The lowest BCUT2D eigenvalue weighted by Gasteiger charge is -2.14. The van der Waals surface area contributed by atoms with Crippen LogP contribution in [0.5, 0.6) is 0 Å². The molecule has 2 aromatic heterocycles. The van der Waals surface area contributed by atoms with E-state index in [1.54, 1.807) is 12.1 Å². The number of H-pyrrole nitrogens is 1. The molecule has 0 radical (unpaired) electrons. The molecule has 2 heterocycles. The monoisotopic (exact) mass is 540 g/mol. The number of fused-ring (bicyclic) bond motifs is 1. The summed E-state index contributed by atoms with van der Waals surface area (Å²) >= 11 is 0. The number of ether oxygens (including phenoxy) is 1. The third-order valence-electron chi connectivity index (χ3n) is 5.71. The molecule has 1 amide bonds. The van der Waals surface area contributed by atoms with E-state index >= 15 is 0 Å². The Hall–Kier alpha value is -4.59. The van der Waals surface area contributed by atoms with E-state index in [-0.39, 0.29) is 48.7 Å². The van der Waals surface area contributed by atoms with Crippen molar-refractivity contribution < 1.29 is 24.2 Å². The second-order valence-corrected chi connectivity index (χ2v) is 8.74. The molecule has 3 rings (SSSR count). The number of carbonyl (C=O) groups is 3. The Morgan fingerprint density at radius 3 is 2.54 bits per heavy atom. The number of anilines is 2. The minimum atomic E-state index is -1.25. The van der Waals surface area contributed by atoms with Gasteiger partial charge in [0.2, 0.25) is 5.95 Å². The Kier molecular flexibility index (Phi) is 10.7. The molecule has 14 nitrogen and oxygen atoms in total. The first-order chi connectivity index (χ1) is 18.8. The second kappa shape index (κ2) is 14.4. The number of aromatic amines is 1. The van der Waals surface area contributed by atoms with Crippen molar-refractivity contribution in [1.82, 2.24) is 25.3 Å². The van der Waals surface area contributed by atoms with Crippen LogP contribution in [0.2, 0.25) is 0 Å². The predicted molar refractivity (Wildman–Crippen MR) is 143 cm³/mol. The Labute approximate surface area is 223 Å². The molecule has 0 saturated heterocycles. The molecule has 0 bridgehead atoms. The van der Waals surface area contributed by atoms with Gasteiger partial charge in [-0.25, -0.2) is 14.8 Å². The standard InChI is InChI=1S/C25H32N8O6/c26-11-3-1-2-4-12-39-19(34)10-9-18(24(37)38)31-22(35)15-5-7-16(8-6-15)28-13-17-14-29-21-20(30-17)23(36)33-25(27)32-21/h5-8,14,18,28H,1-4,9-13,26H2,(H,31,35)(H,37,38)(H3,27,29,32,33,36). The van der Waals surface area contributed by atoms with Gasteiger partial charge in [-0.15, -0.1) is 0 Å². The van der Waals surface area contributed by atoms with Crippen molar-refractivity contribution in [2.24, 2.45) is 5.73 Å². The summed E-state index contributed by atoms with van der Waals surface area (Å²) in [6.07, 6.45) is 4.76. The van der Waals surface area contributed by atoms with E-state index in [2.05, 4.69) is 30.6 Å². The van der Waals surface area contributed by atoms with E-state index in [0.29, 0.717) is 17.9 Å². The first kappa shape index (κ1) is 29.0. The summed E-state index contributed by atoms with van der Waals surface area (Å²) in [6.45, 7) is 1.14. The molecule has 0 aliphatic heterocycles. The normalized spacial score (nSPS) is 11.6. The smallest absolute Gasteiger partial charge is 0.326 e. The Morgan fingerprint density at radius 1 is 1.08 bits per heavy atom. The van der Waals surface area contributed by atoms with Gasteiger partial charge in [0.1, 0.15) is 6.04 Å². The number of nitrogens with one attached hydrogen (secondary N) is 3. The highest BCUT2D eigenvalue weighted by molar-refractivity contribution is 5.97. The van der Waals surface area contributed by atoms with Crippen molar-refractivity contribution in [2.75, 3.05) is 24.2 Å². The average molecular weight is 541 g/mol. The summed E-state index contributed by atoms with van der Waals surface area (Å²) in [5.74, 6) is -2.39. The number of benzene rings is 1. The number of nitrogens with zero attached hydrogens (tertiary/aromatic N) is 3. The summed E-state index contributed by atoms with van der Waals surface area (Å²) in [4.78, 5) is 62.8. The van der Waals surface area contributed by atoms with E-state index in [9.17, 15) is 24.3 Å². The Bertz CT molecular complexity index is 1340.